The van der Waals surface area contributed by atoms with E-state index in [4.69, 9.17) is 4.74 Å². The second kappa shape index (κ2) is 7.79. The molecular formula is C18H28FNO. The quantitative estimate of drug-likeness (QED) is 0.819. The van der Waals surface area contributed by atoms with E-state index in [-0.39, 0.29) is 5.82 Å². The summed E-state index contributed by atoms with van der Waals surface area (Å²) in [5, 5.41) is 3.56. The highest BCUT2D eigenvalue weighted by molar-refractivity contribution is 5.31. The summed E-state index contributed by atoms with van der Waals surface area (Å²) in [4.78, 5) is 0. The van der Waals surface area contributed by atoms with Gasteiger partial charge in [0.25, 0.3) is 0 Å². The summed E-state index contributed by atoms with van der Waals surface area (Å²) in [6.07, 6.45) is 4.58. The number of halogens is 1. The van der Waals surface area contributed by atoms with Crippen LogP contribution in [0.25, 0.3) is 0 Å². The summed E-state index contributed by atoms with van der Waals surface area (Å²) >= 11 is 0. The van der Waals surface area contributed by atoms with Crippen LogP contribution in [0.5, 0.6) is 5.75 Å². The van der Waals surface area contributed by atoms with Crippen molar-refractivity contribution in [2.75, 3.05) is 20.2 Å². The molecule has 0 aromatic heterocycles. The predicted octanol–water partition coefficient (Wildman–Crippen LogP) is 4.04. The maximum atomic E-state index is 14.3. The van der Waals surface area contributed by atoms with Gasteiger partial charge in [0.2, 0.25) is 0 Å². The number of benzene rings is 1. The van der Waals surface area contributed by atoms with Gasteiger partial charge in [-0.2, -0.15) is 0 Å². The lowest BCUT2D eigenvalue weighted by atomic mass is 9.89. The first-order chi connectivity index (χ1) is 10.1. The average molecular weight is 293 g/mol. The molecule has 1 N–H and O–H groups in total. The van der Waals surface area contributed by atoms with Crippen LogP contribution in [0.15, 0.2) is 18.2 Å². The second-order valence-corrected chi connectivity index (χ2v) is 6.64. The Morgan fingerprint density at radius 2 is 2.05 bits per heavy atom. The van der Waals surface area contributed by atoms with E-state index >= 15 is 0 Å². The zero-order chi connectivity index (χ0) is 15.2. The SMILES string of the molecule is COc1cccc(CC2CCCC2CNCC(C)C)c1F. The van der Waals surface area contributed by atoms with E-state index in [2.05, 4.69) is 19.2 Å². The van der Waals surface area contributed by atoms with Crippen molar-refractivity contribution in [1.82, 2.24) is 5.32 Å². The Bertz CT molecular complexity index is 447. The molecule has 2 nitrogen and oxygen atoms in total. The van der Waals surface area contributed by atoms with Gasteiger partial charge in [0.05, 0.1) is 7.11 Å². The van der Waals surface area contributed by atoms with Crippen molar-refractivity contribution in [2.24, 2.45) is 17.8 Å². The van der Waals surface area contributed by atoms with Gasteiger partial charge >= 0.3 is 0 Å². The molecule has 0 saturated heterocycles. The van der Waals surface area contributed by atoms with E-state index in [1.165, 1.54) is 26.4 Å². The van der Waals surface area contributed by atoms with E-state index in [1.807, 2.05) is 12.1 Å². The Morgan fingerprint density at radius 1 is 1.29 bits per heavy atom. The van der Waals surface area contributed by atoms with Crippen LogP contribution in [0.1, 0.15) is 38.7 Å². The third-order valence-electron chi connectivity index (χ3n) is 4.52. The molecule has 0 aliphatic heterocycles. The molecule has 2 unspecified atom stereocenters. The number of hydrogen-bond acceptors (Lipinski definition) is 2. The molecule has 3 heteroatoms. The van der Waals surface area contributed by atoms with Crippen LogP contribution in [0.4, 0.5) is 4.39 Å². The summed E-state index contributed by atoms with van der Waals surface area (Å²) in [7, 11) is 1.52. The lowest BCUT2D eigenvalue weighted by Gasteiger charge is -2.21. The van der Waals surface area contributed by atoms with Gasteiger partial charge < -0.3 is 10.1 Å². The normalized spacial score (nSPS) is 22.0. The number of hydrogen-bond donors (Lipinski definition) is 1. The summed E-state index contributed by atoms with van der Waals surface area (Å²) in [6, 6.07) is 5.47. The highest BCUT2D eigenvalue weighted by Crippen LogP contribution is 2.35. The molecule has 0 heterocycles. The molecule has 1 aromatic rings. The van der Waals surface area contributed by atoms with Crippen LogP contribution >= 0.6 is 0 Å². The van der Waals surface area contributed by atoms with Gasteiger partial charge in [0, 0.05) is 0 Å². The summed E-state index contributed by atoms with van der Waals surface area (Å²) in [6.45, 7) is 6.58. The van der Waals surface area contributed by atoms with Gasteiger partial charge in [-0.25, -0.2) is 4.39 Å². The molecule has 2 rings (SSSR count). The van der Waals surface area contributed by atoms with Gasteiger partial charge in [-0.15, -0.1) is 0 Å². The second-order valence-electron chi connectivity index (χ2n) is 6.64. The van der Waals surface area contributed by atoms with Gasteiger partial charge in [0.15, 0.2) is 11.6 Å². The minimum absolute atomic E-state index is 0.180. The zero-order valence-corrected chi connectivity index (χ0v) is 13.5. The van der Waals surface area contributed by atoms with Crippen molar-refractivity contribution < 1.29 is 9.13 Å². The van der Waals surface area contributed by atoms with E-state index in [9.17, 15) is 4.39 Å². The Labute approximate surface area is 128 Å². The van der Waals surface area contributed by atoms with Crippen molar-refractivity contribution in [3.05, 3.63) is 29.6 Å². The summed E-state index contributed by atoms with van der Waals surface area (Å²) < 4.78 is 19.4. The fraction of sp³-hybridized carbons (Fsp3) is 0.667. The third kappa shape index (κ3) is 4.44. The molecule has 1 fully saturated rings. The summed E-state index contributed by atoms with van der Waals surface area (Å²) in [5.41, 5.74) is 0.801. The van der Waals surface area contributed by atoms with Crippen LogP contribution in [-0.2, 0) is 6.42 Å². The lowest BCUT2D eigenvalue weighted by molar-refractivity contribution is 0.348. The van der Waals surface area contributed by atoms with Crippen LogP contribution in [0.3, 0.4) is 0 Å². The van der Waals surface area contributed by atoms with Crippen LogP contribution < -0.4 is 10.1 Å². The molecule has 0 amide bonds. The first-order valence-electron chi connectivity index (χ1n) is 8.14. The topological polar surface area (TPSA) is 21.3 Å². The number of nitrogens with one attached hydrogen (secondary N) is 1. The average Bonchev–Trinajstić information content (AvgIpc) is 2.88. The standard InChI is InChI=1S/C18H28FNO/c1-13(2)11-20-12-16-8-4-6-14(16)10-15-7-5-9-17(21-3)18(15)19/h5,7,9,13-14,16,20H,4,6,8,10-12H2,1-3H3. The first-order valence-corrected chi connectivity index (χ1v) is 8.14. The molecule has 21 heavy (non-hydrogen) atoms. The predicted molar refractivity (Wildman–Crippen MR) is 85.2 cm³/mol. The number of methoxy groups -OCH3 is 1. The van der Waals surface area contributed by atoms with Crippen LogP contribution in [-0.4, -0.2) is 20.2 Å². The van der Waals surface area contributed by atoms with E-state index in [1.54, 1.807) is 6.07 Å². The molecular weight excluding hydrogens is 265 g/mol. The van der Waals surface area contributed by atoms with E-state index in [0.717, 1.165) is 25.1 Å². The van der Waals surface area contributed by atoms with Gasteiger partial charge in [-0.3, -0.25) is 0 Å². The van der Waals surface area contributed by atoms with E-state index in [0.29, 0.717) is 23.5 Å². The molecule has 0 spiro atoms. The maximum absolute atomic E-state index is 14.3. The largest absolute Gasteiger partial charge is 0.494 e. The monoisotopic (exact) mass is 293 g/mol. The molecule has 0 radical (unpaired) electrons. The minimum atomic E-state index is -0.180. The fourth-order valence-corrected chi connectivity index (χ4v) is 3.36. The maximum Gasteiger partial charge on any atom is 0.168 e. The fourth-order valence-electron chi connectivity index (χ4n) is 3.36. The number of ether oxygens (including phenoxy) is 1. The van der Waals surface area contributed by atoms with Crippen molar-refractivity contribution in [3.63, 3.8) is 0 Å². The first kappa shape index (κ1) is 16.3. The van der Waals surface area contributed by atoms with Crippen molar-refractivity contribution in [3.8, 4) is 5.75 Å². The molecule has 118 valence electrons. The third-order valence-corrected chi connectivity index (χ3v) is 4.52. The minimum Gasteiger partial charge on any atom is -0.494 e. The van der Waals surface area contributed by atoms with Gasteiger partial charge in [0.1, 0.15) is 0 Å². The number of rotatable bonds is 7. The smallest absolute Gasteiger partial charge is 0.168 e. The van der Waals surface area contributed by atoms with Crippen molar-refractivity contribution in [2.45, 2.75) is 39.5 Å². The van der Waals surface area contributed by atoms with Crippen molar-refractivity contribution >= 4 is 0 Å². The molecule has 0 bridgehead atoms. The Balaban J connectivity index is 1.95. The molecule has 1 saturated carbocycles. The highest BCUT2D eigenvalue weighted by atomic mass is 19.1. The van der Waals surface area contributed by atoms with Crippen LogP contribution in [0, 0.1) is 23.6 Å². The zero-order valence-electron chi connectivity index (χ0n) is 13.5. The van der Waals surface area contributed by atoms with E-state index < -0.39 is 0 Å². The Hall–Kier alpha value is -1.09. The molecule has 1 aliphatic carbocycles. The summed E-state index contributed by atoms with van der Waals surface area (Å²) in [5.74, 6) is 2.13. The van der Waals surface area contributed by atoms with Gasteiger partial charge in [-0.1, -0.05) is 32.4 Å². The Morgan fingerprint density at radius 3 is 2.76 bits per heavy atom. The highest BCUT2D eigenvalue weighted by Gasteiger charge is 2.28. The lowest BCUT2D eigenvalue weighted by Crippen LogP contribution is -2.29. The van der Waals surface area contributed by atoms with Crippen LogP contribution in [0.2, 0.25) is 0 Å². The van der Waals surface area contributed by atoms with Crippen molar-refractivity contribution in [1.29, 1.82) is 0 Å². The van der Waals surface area contributed by atoms with Gasteiger partial charge in [-0.05, 0) is 61.7 Å². The molecule has 1 aliphatic rings. The Kier molecular flexibility index (Phi) is 6.04. The molecule has 2 atom stereocenters. The molecule has 1 aromatic carbocycles.